The van der Waals surface area contributed by atoms with Gasteiger partial charge in [0.15, 0.2) is 0 Å². The van der Waals surface area contributed by atoms with E-state index in [0.29, 0.717) is 0 Å². The zero-order valence-corrected chi connectivity index (χ0v) is 11.3. The second-order valence-electron chi connectivity index (χ2n) is 3.48. The summed E-state index contributed by atoms with van der Waals surface area (Å²) in [5.41, 5.74) is 1.86. The number of rotatable bonds is 0. The van der Waals surface area contributed by atoms with Crippen LogP contribution >= 0.6 is 31.9 Å². The Morgan fingerprint density at radius 1 is 1.00 bits per heavy atom. The third kappa shape index (κ3) is 1.53. The van der Waals surface area contributed by atoms with Crippen molar-refractivity contribution < 1.29 is 0 Å². The Kier molecular flexibility index (Phi) is 2.41. The highest BCUT2D eigenvalue weighted by molar-refractivity contribution is 9.11. The van der Waals surface area contributed by atoms with Gasteiger partial charge in [0, 0.05) is 32.1 Å². The van der Waals surface area contributed by atoms with Gasteiger partial charge in [-0.2, -0.15) is 0 Å². The number of fused-ring (bicyclic) bond motifs is 3. The summed E-state index contributed by atoms with van der Waals surface area (Å²) in [5.74, 6) is 0. The van der Waals surface area contributed by atoms with E-state index in [9.17, 15) is 0 Å². The van der Waals surface area contributed by atoms with Gasteiger partial charge in [-0.25, -0.2) is 0 Å². The van der Waals surface area contributed by atoms with Crippen LogP contribution in [0.25, 0.3) is 21.8 Å². The van der Waals surface area contributed by atoms with Gasteiger partial charge in [-0.05, 0) is 34.1 Å². The number of hydrogen-bond donors (Lipinski definition) is 0. The van der Waals surface area contributed by atoms with Gasteiger partial charge in [-0.15, -0.1) is 0 Å². The predicted octanol–water partition coefficient (Wildman–Crippen LogP) is 4.31. The summed E-state index contributed by atoms with van der Waals surface area (Å²) in [6.07, 6.45) is 3.59. The smallest absolute Gasteiger partial charge is 0.0975 e. The van der Waals surface area contributed by atoms with Gasteiger partial charge < -0.3 is 0 Å². The lowest BCUT2D eigenvalue weighted by molar-refractivity contribution is 1.36. The first-order chi connectivity index (χ1) is 7.75. The van der Waals surface area contributed by atoms with Gasteiger partial charge in [-0.3, -0.25) is 9.97 Å². The summed E-state index contributed by atoms with van der Waals surface area (Å²) in [5, 5.41) is 2.16. The molecule has 0 aliphatic rings. The van der Waals surface area contributed by atoms with Crippen LogP contribution < -0.4 is 0 Å². The molecule has 2 heterocycles. The van der Waals surface area contributed by atoms with E-state index in [4.69, 9.17) is 0 Å². The first-order valence-corrected chi connectivity index (χ1v) is 6.33. The van der Waals surface area contributed by atoms with Crippen molar-refractivity contribution in [2.45, 2.75) is 0 Å². The first kappa shape index (κ1) is 10.2. The summed E-state index contributed by atoms with van der Waals surface area (Å²) in [4.78, 5) is 8.81. The molecule has 0 atom stereocenters. The van der Waals surface area contributed by atoms with Crippen molar-refractivity contribution in [1.82, 2.24) is 9.97 Å². The fourth-order valence-electron chi connectivity index (χ4n) is 1.76. The van der Waals surface area contributed by atoms with E-state index in [1.165, 1.54) is 0 Å². The molecule has 0 saturated heterocycles. The van der Waals surface area contributed by atoms with Crippen molar-refractivity contribution >= 4 is 53.7 Å². The molecule has 0 radical (unpaired) electrons. The second kappa shape index (κ2) is 3.79. The van der Waals surface area contributed by atoms with E-state index in [0.717, 1.165) is 30.8 Å². The topological polar surface area (TPSA) is 25.8 Å². The number of halogens is 2. The van der Waals surface area contributed by atoms with Gasteiger partial charge in [0.1, 0.15) is 0 Å². The molecule has 16 heavy (non-hydrogen) atoms. The Labute approximate surface area is 109 Å². The Balaban J connectivity index is 2.59. The minimum Gasteiger partial charge on any atom is -0.254 e. The van der Waals surface area contributed by atoms with Gasteiger partial charge in [0.05, 0.1) is 11.0 Å². The number of nitrogens with zero attached hydrogens (tertiary/aromatic N) is 2. The van der Waals surface area contributed by atoms with Crippen molar-refractivity contribution in [1.29, 1.82) is 0 Å². The molecule has 0 N–H and O–H groups in total. The molecule has 0 aliphatic carbocycles. The molecule has 0 bridgehead atoms. The van der Waals surface area contributed by atoms with E-state index in [1.54, 1.807) is 12.4 Å². The summed E-state index contributed by atoms with van der Waals surface area (Å²) in [6, 6.07) is 8.08. The summed E-state index contributed by atoms with van der Waals surface area (Å²) in [7, 11) is 0. The largest absolute Gasteiger partial charge is 0.254 e. The SMILES string of the molecule is Brc1cnc2c(c1)cc(Br)c1cccnc12. The third-order valence-electron chi connectivity index (χ3n) is 2.46. The van der Waals surface area contributed by atoms with Gasteiger partial charge in [0.2, 0.25) is 0 Å². The summed E-state index contributed by atoms with van der Waals surface area (Å²) >= 11 is 6.98. The maximum Gasteiger partial charge on any atom is 0.0975 e. The van der Waals surface area contributed by atoms with E-state index in [2.05, 4.69) is 47.9 Å². The predicted molar refractivity (Wildman–Crippen MR) is 72.4 cm³/mol. The Morgan fingerprint density at radius 2 is 1.88 bits per heavy atom. The maximum absolute atomic E-state index is 4.42. The standard InChI is InChI=1S/C12H6Br2N2/c13-8-4-7-5-10(14)9-2-1-3-15-12(9)11(7)16-6-8/h1-6H. The molecule has 0 aliphatic heterocycles. The van der Waals surface area contributed by atoms with Crippen LogP contribution in [-0.2, 0) is 0 Å². The molecule has 2 aromatic heterocycles. The maximum atomic E-state index is 4.42. The lowest BCUT2D eigenvalue weighted by atomic mass is 10.1. The molecule has 1 aromatic carbocycles. The van der Waals surface area contributed by atoms with Gasteiger partial charge in [0.25, 0.3) is 0 Å². The van der Waals surface area contributed by atoms with Crippen LogP contribution in [0.3, 0.4) is 0 Å². The molecule has 4 heteroatoms. The number of benzene rings is 1. The van der Waals surface area contributed by atoms with Crippen LogP contribution in [-0.4, -0.2) is 9.97 Å². The van der Waals surface area contributed by atoms with Gasteiger partial charge >= 0.3 is 0 Å². The molecule has 0 amide bonds. The number of hydrogen-bond acceptors (Lipinski definition) is 2. The number of aromatic nitrogens is 2. The quantitative estimate of drug-likeness (QED) is 0.571. The molecule has 3 aromatic rings. The van der Waals surface area contributed by atoms with Crippen LogP contribution in [0.15, 0.2) is 45.6 Å². The fourth-order valence-corrected chi connectivity index (χ4v) is 2.68. The minimum atomic E-state index is 0.930. The highest BCUT2D eigenvalue weighted by Crippen LogP contribution is 2.30. The molecule has 0 fully saturated rings. The van der Waals surface area contributed by atoms with Crippen molar-refractivity contribution in [3.8, 4) is 0 Å². The minimum absolute atomic E-state index is 0.930. The van der Waals surface area contributed by atoms with Crippen molar-refractivity contribution in [3.05, 3.63) is 45.6 Å². The highest BCUT2D eigenvalue weighted by atomic mass is 79.9. The number of pyridine rings is 2. The van der Waals surface area contributed by atoms with Crippen LogP contribution in [0.2, 0.25) is 0 Å². The third-order valence-corrected chi connectivity index (χ3v) is 3.55. The van der Waals surface area contributed by atoms with E-state index in [-0.39, 0.29) is 0 Å². The van der Waals surface area contributed by atoms with Crippen molar-refractivity contribution in [2.24, 2.45) is 0 Å². The first-order valence-electron chi connectivity index (χ1n) is 4.74. The fraction of sp³-hybridized carbons (Fsp3) is 0. The molecule has 78 valence electrons. The van der Waals surface area contributed by atoms with Gasteiger partial charge in [-0.1, -0.05) is 22.0 Å². The van der Waals surface area contributed by atoms with E-state index >= 15 is 0 Å². The van der Waals surface area contributed by atoms with E-state index in [1.807, 2.05) is 18.2 Å². The Bertz CT molecular complexity index is 695. The molecular formula is C12H6Br2N2. The van der Waals surface area contributed by atoms with E-state index < -0.39 is 0 Å². The molecular weight excluding hydrogens is 332 g/mol. The Hall–Kier alpha value is -1.00. The van der Waals surface area contributed by atoms with Crippen molar-refractivity contribution in [3.63, 3.8) is 0 Å². The van der Waals surface area contributed by atoms with Crippen LogP contribution in [0, 0.1) is 0 Å². The monoisotopic (exact) mass is 336 g/mol. The molecule has 0 saturated carbocycles. The molecule has 2 nitrogen and oxygen atoms in total. The lowest BCUT2D eigenvalue weighted by Crippen LogP contribution is -1.86. The zero-order chi connectivity index (χ0) is 11.1. The zero-order valence-electron chi connectivity index (χ0n) is 8.11. The average Bonchev–Trinajstić information content (AvgIpc) is 2.29. The van der Waals surface area contributed by atoms with Crippen LogP contribution in [0.4, 0.5) is 0 Å². The highest BCUT2D eigenvalue weighted by Gasteiger charge is 2.06. The second-order valence-corrected chi connectivity index (χ2v) is 5.25. The molecule has 0 spiro atoms. The lowest BCUT2D eigenvalue weighted by Gasteiger charge is -2.04. The van der Waals surface area contributed by atoms with Crippen LogP contribution in [0.5, 0.6) is 0 Å². The average molecular weight is 338 g/mol. The Morgan fingerprint density at radius 3 is 2.75 bits per heavy atom. The summed E-state index contributed by atoms with van der Waals surface area (Å²) in [6.45, 7) is 0. The molecule has 0 unspecified atom stereocenters. The van der Waals surface area contributed by atoms with Crippen LogP contribution in [0.1, 0.15) is 0 Å². The normalized spacial score (nSPS) is 11.1. The molecule has 3 rings (SSSR count). The van der Waals surface area contributed by atoms with Crippen molar-refractivity contribution in [2.75, 3.05) is 0 Å². The summed E-state index contributed by atoms with van der Waals surface area (Å²) < 4.78 is 2.02.